The minimum atomic E-state index is -0.489. The Balaban J connectivity index is 1.54. The molecule has 0 aliphatic carbocycles. The third kappa shape index (κ3) is 3.59. The summed E-state index contributed by atoms with van der Waals surface area (Å²) in [6.45, 7) is 6.13. The molecule has 0 atom stereocenters. The first-order chi connectivity index (χ1) is 13.0. The summed E-state index contributed by atoms with van der Waals surface area (Å²) in [7, 11) is 0. The number of nitrogens with one attached hydrogen (secondary N) is 1. The first-order valence-corrected chi connectivity index (χ1v) is 9.80. The molecule has 0 unspecified atom stereocenters. The summed E-state index contributed by atoms with van der Waals surface area (Å²) < 4.78 is 6.64. The minimum absolute atomic E-state index is 0.0279. The Morgan fingerprint density at radius 2 is 2.15 bits per heavy atom. The monoisotopic (exact) mass is 387 g/mol. The zero-order valence-corrected chi connectivity index (χ0v) is 16.1. The van der Waals surface area contributed by atoms with Gasteiger partial charge in [-0.05, 0) is 37.8 Å². The summed E-state index contributed by atoms with van der Waals surface area (Å²) in [6, 6.07) is 3.61. The van der Waals surface area contributed by atoms with E-state index in [-0.39, 0.29) is 12.1 Å². The molecular formula is C18H21N5O3S. The van der Waals surface area contributed by atoms with Crippen LogP contribution in [0.2, 0.25) is 0 Å². The van der Waals surface area contributed by atoms with Crippen LogP contribution in [0.4, 0.5) is 5.13 Å². The number of carbonyl (C=O) groups is 1. The number of aryl methyl sites for hydroxylation is 1. The molecule has 9 heteroatoms. The fourth-order valence-corrected chi connectivity index (χ4v) is 4.02. The Morgan fingerprint density at radius 1 is 1.37 bits per heavy atom. The number of amides is 1. The fourth-order valence-electron chi connectivity index (χ4n) is 3.10. The average Bonchev–Trinajstić information content (AvgIpc) is 3.27. The van der Waals surface area contributed by atoms with Crippen molar-refractivity contribution in [2.75, 3.05) is 18.0 Å². The molecule has 1 amide bonds. The Hall–Kier alpha value is -2.68. The van der Waals surface area contributed by atoms with Crippen LogP contribution in [0.5, 0.6) is 0 Å². The van der Waals surface area contributed by atoms with Crippen LogP contribution in [-0.2, 0) is 6.54 Å². The SMILES string of the molecule is Cc1ccc(CNC(=O)c2cnc3sc(N4CCC(C)CC4)nn3c2=O)o1. The molecular weight excluding hydrogens is 366 g/mol. The number of hydrogen-bond acceptors (Lipinski definition) is 7. The zero-order valence-electron chi connectivity index (χ0n) is 15.3. The quantitative estimate of drug-likeness (QED) is 0.738. The van der Waals surface area contributed by atoms with E-state index in [9.17, 15) is 9.59 Å². The summed E-state index contributed by atoms with van der Waals surface area (Å²) in [5.41, 5.74) is -0.485. The predicted octanol–water partition coefficient (Wildman–Crippen LogP) is 2.22. The second-order valence-electron chi connectivity index (χ2n) is 6.92. The normalized spacial score (nSPS) is 15.4. The molecule has 3 aromatic heterocycles. The molecule has 8 nitrogen and oxygen atoms in total. The lowest BCUT2D eigenvalue weighted by Crippen LogP contribution is -2.33. The number of nitrogens with zero attached hydrogens (tertiary/aromatic N) is 4. The van der Waals surface area contributed by atoms with E-state index >= 15 is 0 Å². The summed E-state index contributed by atoms with van der Waals surface area (Å²) in [5, 5.41) is 7.87. The van der Waals surface area contributed by atoms with Gasteiger partial charge in [-0.1, -0.05) is 18.3 Å². The predicted molar refractivity (Wildman–Crippen MR) is 102 cm³/mol. The van der Waals surface area contributed by atoms with Crippen LogP contribution >= 0.6 is 11.3 Å². The highest BCUT2D eigenvalue weighted by Gasteiger charge is 2.21. The van der Waals surface area contributed by atoms with Crippen LogP contribution in [0.15, 0.2) is 27.5 Å². The molecule has 142 valence electrons. The number of piperidine rings is 1. The number of hydrogen-bond donors (Lipinski definition) is 1. The lowest BCUT2D eigenvalue weighted by molar-refractivity contribution is 0.0945. The molecule has 1 aliphatic rings. The molecule has 0 saturated carbocycles. The molecule has 4 heterocycles. The van der Waals surface area contributed by atoms with E-state index in [1.54, 1.807) is 6.07 Å². The molecule has 0 bridgehead atoms. The maximum Gasteiger partial charge on any atom is 0.288 e. The molecule has 1 saturated heterocycles. The van der Waals surface area contributed by atoms with Crippen molar-refractivity contribution in [2.45, 2.75) is 33.2 Å². The van der Waals surface area contributed by atoms with Gasteiger partial charge >= 0.3 is 0 Å². The van der Waals surface area contributed by atoms with Crippen molar-refractivity contribution in [3.8, 4) is 0 Å². The largest absolute Gasteiger partial charge is 0.465 e. The van der Waals surface area contributed by atoms with Crippen molar-refractivity contribution < 1.29 is 9.21 Å². The van der Waals surface area contributed by atoms with Gasteiger partial charge in [0.15, 0.2) is 0 Å². The summed E-state index contributed by atoms with van der Waals surface area (Å²) in [4.78, 5) is 32.0. The van der Waals surface area contributed by atoms with E-state index in [0.29, 0.717) is 16.6 Å². The van der Waals surface area contributed by atoms with Gasteiger partial charge in [0.2, 0.25) is 10.1 Å². The van der Waals surface area contributed by atoms with Crippen LogP contribution in [0.3, 0.4) is 0 Å². The summed E-state index contributed by atoms with van der Waals surface area (Å²) in [6.07, 6.45) is 3.54. The smallest absolute Gasteiger partial charge is 0.288 e. The van der Waals surface area contributed by atoms with Crippen molar-refractivity contribution in [2.24, 2.45) is 5.92 Å². The van der Waals surface area contributed by atoms with Gasteiger partial charge in [0.1, 0.15) is 17.1 Å². The van der Waals surface area contributed by atoms with Crippen LogP contribution in [-0.4, -0.2) is 33.6 Å². The van der Waals surface area contributed by atoms with E-state index in [2.05, 4.69) is 27.2 Å². The van der Waals surface area contributed by atoms with E-state index in [4.69, 9.17) is 4.42 Å². The highest BCUT2D eigenvalue weighted by Crippen LogP contribution is 2.26. The van der Waals surface area contributed by atoms with Crippen molar-refractivity contribution >= 4 is 27.3 Å². The van der Waals surface area contributed by atoms with E-state index in [1.807, 2.05) is 13.0 Å². The van der Waals surface area contributed by atoms with Crippen LogP contribution in [0, 0.1) is 12.8 Å². The fraction of sp³-hybridized carbons (Fsp3) is 0.444. The molecule has 0 aromatic carbocycles. The number of fused-ring (bicyclic) bond motifs is 1. The highest BCUT2D eigenvalue weighted by molar-refractivity contribution is 7.20. The lowest BCUT2D eigenvalue weighted by atomic mass is 10.00. The summed E-state index contributed by atoms with van der Waals surface area (Å²) >= 11 is 1.37. The molecule has 0 radical (unpaired) electrons. The number of anilines is 1. The molecule has 4 rings (SSSR count). The van der Waals surface area contributed by atoms with Crippen LogP contribution < -0.4 is 15.8 Å². The topological polar surface area (TPSA) is 92.7 Å². The second kappa shape index (κ2) is 7.15. The minimum Gasteiger partial charge on any atom is -0.465 e. The highest BCUT2D eigenvalue weighted by atomic mass is 32.1. The maximum atomic E-state index is 12.7. The van der Waals surface area contributed by atoms with Gasteiger partial charge < -0.3 is 14.6 Å². The van der Waals surface area contributed by atoms with E-state index in [0.717, 1.165) is 36.8 Å². The maximum absolute atomic E-state index is 12.7. The van der Waals surface area contributed by atoms with Gasteiger partial charge in [0.05, 0.1) is 6.54 Å². The van der Waals surface area contributed by atoms with Gasteiger partial charge in [-0.3, -0.25) is 9.59 Å². The third-order valence-electron chi connectivity index (χ3n) is 4.79. The van der Waals surface area contributed by atoms with Crippen molar-refractivity contribution in [1.82, 2.24) is 19.9 Å². The second-order valence-corrected chi connectivity index (χ2v) is 7.86. The molecule has 1 N–H and O–H groups in total. The molecule has 1 fully saturated rings. The Labute approximate surface area is 159 Å². The third-order valence-corrected chi connectivity index (χ3v) is 5.78. The van der Waals surface area contributed by atoms with Crippen molar-refractivity contribution in [1.29, 1.82) is 0 Å². The van der Waals surface area contributed by atoms with Gasteiger partial charge in [-0.15, -0.1) is 5.10 Å². The summed E-state index contributed by atoms with van der Waals surface area (Å²) in [5.74, 6) is 1.62. The first-order valence-electron chi connectivity index (χ1n) is 8.98. The van der Waals surface area contributed by atoms with Gasteiger partial charge in [0.25, 0.3) is 11.5 Å². The average molecular weight is 387 g/mol. The standard InChI is InChI=1S/C18H21N5O3S/c1-11-5-7-22(8-6-11)18-21-23-16(25)14(10-20-17(23)27-18)15(24)19-9-13-4-3-12(2)26-13/h3-4,10-11H,5-9H2,1-2H3,(H,19,24). The lowest BCUT2D eigenvalue weighted by Gasteiger charge is -2.29. The van der Waals surface area contributed by atoms with Crippen LogP contribution in [0.1, 0.15) is 41.6 Å². The number of aromatic nitrogens is 3. The zero-order chi connectivity index (χ0) is 19.0. The van der Waals surface area contributed by atoms with Gasteiger partial charge in [0, 0.05) is 19.3 Å². The van der Waals surface area contributed by atoms with Crippen molar-refractivity contribution in [3.05, 3.63) is 45.8 Å². The van der Waals surface area contributed by atoms with Crippen LogP contribution in [0.25, 0.3) is 4.96 Å². The first kappa shape index (κ1) is 17.7. The van der Waals surface area contributed by atoms with Crippen molar-refractivity contribution in [3.63, 3.8) is 0 Å². The molecule has 1 aliphatic heterocycles. The Bertz CT molecular complexity index is 1030. The van der Waals surface area contributed by atoms with Gasteiger partial charge in [-0.2, -0.15) is 4.52 Å². The number of carbonyl (C=O) groups excluding carboxylic acids is 1. The van der Waals surface area contributed by atoms with Gasteiger partial charge in [-0.25, -0.2) is 4.98 Å². The van der Waals surface area contributed by atoms with E-state index in [1.165, 1.54) is 22.0 Å². The molecule has 3 aromatic rings. The number of rotatable bonds is 4. The Kier molecular flexibility index (Phi) is 4.69. The number of furan rings is 1. The molecule has 0 spiro atoms. The van der Waals surface area contributed by atoms with E-state index < -0.39 is 11.5 Å². The Morgan fingerprint density at radius 3 is 2.85 bits per heavy atom. The molecule has 27 heavy (non-hydrogen) atoms.